The summed E-state index contributed by atoms with van der Waals surface area (Å²) in [5.74, 6) is 0.0764. The minimum atomic E-state index is -0.578. The summed E-state index contributed by atoms with van der Waals surface area (Å²) in [6.07, 6.45) is 1.38. The lowest BCUT2D eigenvalue weighted by Gasteiger charge is -2.04. The van der Waals surface area contributed by atoms with Crippen molar-refractivity contribution < 1.29 is 14.7 Å². The summed E-state index contributed by atoms with van der Waals surface area (Å²) < 4.78 is 4.86. The standard InChI is InChI=1S/C9H13N3O3/c1-15-5-4-10-8-3-2-7(6-11-8)9(13)12-14/h2-3,6,14H,4-5H2,1H3,(H,10,11)(H,12,13). The number of pyridine rings is 1. The molecule has 0 atom stereocenters. The summed E-state index contributed by atoms with van der Waals surface area (Å²) in [6.45, 7) is 1.23. The second-order valence-electron chi connectivity index (χ2n) is 2.79. The van der Waals surface area contributed by atoms with E-state index in [1.165, 1.54) is 11.7 Å². The van der Waals surface area contributed by atoms with E-state index in [0.29, 0.717) is 24.5 Å². The molecule has 0 aromatic carbocycles. The summed E-state index contributed by atoms with van der Waals surface area (Å²) in [5.41, 5.74) is 1.83. The maximum atomic E-state index is 10.9. The van der Waals surface area contributed by atoms with E-state index in [2.05, 4.69) is 10.3 Å². The fourth-order valence-corrected chi connectivity index (χ4v) is 0.978. The lowest BCUT2D eigenvalue weighted by Crippen LogP contribution is -2.18. The van der Waals surface area contributed by atoms with Gasteiger partial charge >= 0.3 is 0 Å². The van der Waals surface area contributed by atoms with Gasteiger partial charge in [-0.1, -0.05) is 0 Å². The van der Waals surface area contributed by atoms with Crippen molar-refractivity contribution in [3.8, 4) is 0 Å². The molecule has 1 aromatic heterocycles. The number of carbonyl (C=O) groups excluding carboxylic acids is 1. The minimum Gasteiger partial charge on any atom is -0.383 e. The van der Waals surface area contributed by atoms with Crippen molar-refractivity contribution in [2.75, 3.05) is 25.6 Å². The van der Waals surface area contributed by atoms with Crippen molar-refractivity contribution in [3.05, 3.63) is 23.9 Å². The van der Waals surface area contributed by atoms with E-state index < -0.39 is 5.91 Å². The molecule has 1 amide bonds. The summed E-state index contributed by atoms with van der Waals surface area (Å²) >= 11 is 0. The fourth-order valence-electron chi connectivity index (χ4n) is 0.978. The summed E-state index contributed by atoms with van der Waals surface area (Å²) in [5, 5.41) is 11.4. The van der Waals surface area contributed by atoms with E-state index in [-0.39, 0.29) is 0 Å². The van der Waals surface area contributed by atoms with Gasteiger partial charge in [-0.2, -0.15) is 0 Å². The van der Waals surface area contributed by atoms with Gasteiger partial charge in [-0.05, 0) is 12.1 Å². The van der Waals surface area contributed by atoms with Crippen LogP contribution < -0.4 is 10.8 Å². The van der Waals surface area contributed by atoms with Crippen molar-refractivity contribution >= 4 is 11.7 Å². The zero-order valence-electron chi connectivity index (χ0n) is 8.36. The first-order valence-electron chi connectivity index (χ1n) is 4.41. The number of hydrogen-bond donors (Lipinski definition) is 3. The number of hydrogen-bond acceptors (Lipinski definition) is 5. The van der Waals surface area contributed by atoms with E-state index in [1.54, 1.807) is 19.2 Å². The van der Waals surface area contributed by atoms with E-state index in [1.807, 2.05) is 0 Å². The van der Waals surface area contributed by atoms with Gasteiger partial charge in [0.2, 0.25) is 0 Å². The zero-order chi connectivity index (χ0) is 11.1. The highest BCUT2D eigenvalue weighted by molar-refractivity contribution is 5.93. The molecule has 6 nitrogen and oxygen atoms in total. The van der Waals surface area contributed by atoms with Crippen LogP contribution in [-0.4, -0.2) is 36.4 Å². The van der Waals surface area contributed by atoms with Gasteiger partial charge in [-0.25, -0.2) is 10.5 Å². The maximum absolute atomic E-state index is 10.9. The third-order valence-electron chi connectivity index (χ3n) is 1.74. The molecule has 15 heavy (non-hydrogen) atoms. The summed E-state index contributed by atoms with van der Waals surface area (Å²) in [6, 6.07) is 3.22. The van der Waals surface area contributed by atoms with Crippen LogP contribution >= 0.6 is 0 Å². The summed E-state index contributed by atoms with van der Waals surface area (Å²) in [4.78, 5) is 14.9. The van der Waals surface area contributed by atoms with E-state index in [4.69, 9.17) is 9.94 Å². The Morgan fingerprint density at radius 1 is 1.60 bits per heavy atom. The predicted octanol–water partition coefficient (Wildman–Crippen LogP) is 0.259. The average molecular weight is 211 g/mol. The molecule has 0 saturated heterocycles. The molecule has 0 radical (unpaired) electrons. The average Bonchev–Trinajstić information content (AvgIpc) is 2.29. The number of nitrogens with one attached hydrogen (secondary N) is 2. The monoisotopic (exact) mass is 211 g/mol. The maximum Gasteiger partial charge on any atom is 0.276 e. The zero-order valence-corrected chi connectivity index (χ0v) is 8.36. The predicted molar refractivity (Wildman–Crippen MR) is 53.9 cm³/mol. The third kappa shape index (κ3) is 3.53. The van der Waals surface area contributed by atoms with Gasteiger partial charge in [0.25, 0.3) is 5.91 Å². The molecule has 0 saturated carbocycles. The van der Waals surface area contributed by atoms with Crippen LogP contribution in [0.3, 0.4) is 0 Å². The Bertz CT molecular complexity index is 313. The lowest BCUT2D eigenvalue weighted by atomic mass is 10.3. The molecule has 0 unspecified atom stereocenters. The number of nitrogens with zero attached hydrogens (tertiary/aromatic N) is 1. The molecule has 0 aliphatic carbocycles. The Morgan fingerprint density at radius 3 is 2.93 bits per heavy atom. The molecule has 1 rings (SSSR count). The van der Waals surface area contributed by atoms with Crippen LogP contribution in [0.15, 0.2) is 18.3 Å². The molecule has 1 heterocycles. The van der Waals surface area contributed by atoms with Crippen LogP contribution in [0.1, 0.15) is 10.4 Å². The molecule has 82 valence electrons. The van der Waals surface area contributed by atoms with Gasteiger partial charge in [0.1, 0.15) is 5.82 Å². The normalized spacial score (nSPS) is 9.73. The topological polar surface area (TPSA) is 83.5 Å². The molecule has 0 bridgehead atoms. The number of rotatable bonds is 5. The highest BCUT2D eigenvalue weighted by Crippen LogP contribution is 2.04. The highest BCUT2D eigenvalue weighted by atomic mass is 16.5. The van der Waals surface area contributed by atoms with Crippen molar-refractivity contribution in [1.29, 1.82) is 0 Å². The van der Waals surface area contributed by atoms with Gasteiger partial charge < -0.3 is 10.1 Å². The molecule has 1 aromatic rings. The second-order valence-corrected chi connectivity index (χ2v) is 2.79. The number of ether oxygens (including phenoxy) is 1. The van der Waals surface area contributed by atoms with Gasteiger partial charge in [0.05, 0.1) is 12.2 Å². The Hall–Kier alpha value is -1.66. The number of anilines is 1. The van der Waals surface area contributed by atoms with Crippen LogP contribution in [0.2, 0.25) is 0 Å². The molecular formula is C9H13N3O3. The Labute approximate surface area is 87.2 Å². The second kappa shape index (κ2) is 5.94. The van der Waals surface area contributed by atoms with Crippen molar-refractivity contribution in [2.24, 2.45) is 0 Å². The first-order chi connectivity index (χ1) is 7.27. The van der Waals surface area contributed by atoms with Crippen LogP contribution in [-0.2, 0) is 4.74 Å². The number of amides is 1. The van der Waals surface area contributed by atoms with Gasteiger partial charge in [0.15, 0.2) is 0 Å². The molecule has 6 heteroatoms. The number of aromatic nitrogens is 1. The largest absolute Gasteiger partial charge is 0.383 e. The first kappa shape index (κ1) is 11.4. The number of carbonyl (C=O) groups is 1. The van der Waals surface area contributed by atoms with Gasteiger partial charge in [-0.3, -0.25) is 10.0 Å². The van der Waals surface area contributed by atoms with Crippen molar-refractivity contribution in [2.45, 2.75) is 0 Å². The van der Waals surface area contributed by atoms with Crippen LogP contribution in [0.4, 0.5) is 5.82 Å². The highest BCUT2D eigenvalue weighted by Gasteiger charge is 2.03. The van der Waals surface area contributed by atoms with Crippen molar-refractivity contribution in [3.63, 3.8) is 0 Å². The molecule has 3 N–H and O–H groups in total. The van der Waals surface area contributed by atoms with Crippen LogP contribution in [0.25, 0.3) is 0 Å². The molecule has 0 fully saturated rings. The smallest absolute Gasteiger partial charge is 0.276 e. The van der Waals surface area contributed by atoms with E-state index >= 15 is 0 Å². The minimum absolute atomic E-state index is 0.301. The quantitative estimate of drug-likeness (QED) is 0.369. The molecule has 0 aliphatic rings. The Kier molecular flexibility index (Phi) is 4.52. The third-order valence-corrected chi connectivity index (χ3v) is 1.74. The van der Waals surface area contributed by atoms with Crippen LogP contribution in [0.5, 0.6) is 0 Å². The van der Waals surface area contributed by atoms with Gasteiger partial charge in [-0.15, -0.1) is 0 Å². The Morgan fingerprint density at radius 2 is 2.40 bits per heavy atom. The lowest BCUT2D eigenvalue weighted by molar-refractivity contribution is 0.0706. The summed E-state index contributed by atoms with van der Waals surface area (Å²) in [7, 11) is 1.61. The fraction of sp³-hybridized carbons (Fsp3) is 0.333. The molecule has 0 aliphatic heterocycles. The van der Waals surface area contributed by atoms with Gasteiger partial charge in [0, 0.05) is 19.9 Å². The SMILES string of the molecule is COCCNc1ccc(C(=O)NO)cn1. The van der Waals surface area contributed by atoms with Crippen LogP contribution in [0, 0.1) is 0 Å². The van der Waals surface area contributed by atoms with E-state index in [0.717, 1.165) is 0 Å². The van der Waals surface area contributed by atoms with E-state index in [9.17, 15) is 4.79 Å². The number of methoxy groups -OCH3 is 1. The molecule has 0 spiro atoms. The Balaban J connectivity index is 2.52. The number of hydroxylamine groups is 1. The first-order valence-corrected chi connectivity index (χ1v) is 4.41. The molecular weight excluding hydrogens is 198 g/mol. The van der Waals surface area contributed by atoms with Crippen molar-refractivity contribution in [1.82, 2.24) is 10.5 Å².